The van der Waals surface area contributed by atoms with Gasteiger partial charge >= 0.3 is 0 Å². The fraction of sp³-hybridized carbons (Fsp3) is 0.238. The Kier molecular flexibility index (Phi) is 5.07. The lowest BCUT2D eigenvalue weighted by atomic mass is 10.1. The number of thioether (sulfide) groups is 1. The maximum atomic E-state index is 12.9. The van der Waals surface area contributed by atoms with Crippen molar-refractivity contribution in [2.45, 2.75) is 11.7 Å². The van der Waals surface area contributed by atoms with Crippen LogP contribution in [-0.4, -0.2) is 39.8 Å². The molecule has 1 atom stereocenters. The molecule has 1 amide bonds. The molecule has 0 radical (unpaired) electrons. The molecule has 0 spiro atoms. The highest BCUT2D eigenvalue weighted by molar-refractivity contribution is 7.99. The lowest BCUT2D eigenvalue weighted by molar-refractivity contribution is 0.0760. The van der Waals surface area contributed by atoms with Gasteiger partial charge in [-0.3, -0.25) is 9.89 Å². The number of rotatable bonds is 3. The Labute approximate surface area is 157 Å². The number of H-pyrrole nitrogens is 1. The second-order valence-electron chi connectivity index (χ2n) is 6.38. The van der Waals surface area contributed by atoms with E-state index in [0.717, 1.165) is 36.5 Å². The minimum atomic E-state index is 0.0361. The van der Waals surface area contributed by atoms with Gasteiger partial charge in [0.15, 0.2) is 0 Å². The molecule has 1 N–H and O–H groups in total. The van der Waals surface area contributed by atoms with Gasteiger partial charge in [-0.2, -0.15) is 16.9 Å². The van der Waals surface area contributed by atoms with Crippen LogP contribution in [0.2, 0.25) is 0 Å². The summed E-state index contributed by atoms with van der Waals surface area (Å²) in [6, 6.07) is 22.3. The van der Waals surface area contributed by atoms with Crippen LogP contribution in [0.3, 0.4) is 0 Å². The molecule has 0 saturated carbocycles. The molecular weight excluding hydrogens is 342 g/mol. The van der Waals surface area contributed by atoms with E-state index in [2.05, 4.69) is 34.5 Å². The van der Waals surface area contributed by atoms with E-state index in [9.17, 15) is 4.79 Å². The number of benzene rings is 2. The molecule has 0 unspecified atom stereocenters. The normalized spacial score (nSPS) is 17.7. The molecule has 1 aromatic heterocycles. The third-order valence-electron chi connectivity index (χ3n) is 4.68. The Hall–Kier alpha value is -2.53. The first-order chi connectivity index (χ1) is 12.8. The second-order valence-corrected chi connectivity index (χ2v) is 7.69. The lowest BCUT2D eigenvalue weighted by Gasteiger charge is -2.19. The molecule has 4 nitrogen and oxygen atoms in total. The number of aromatic nitrogens is 2. The largest absolute Gasteiger partial charge is 0.336 e. The van der Waals surface area contributed by atoms with Crippen LogP contribution in [-0.2, 0) is 0 Å². The maximum absolute atomic E-state index is 12.9. The molecule has 1 aliphatic rings. The van der Waals surface area contributed by atoms with Crippen LogP contribution in [0.4, 0.5) is 0 Å². The molecule has 1 fully saturated rings. The van der Waals surface area contributed by atoms with E-state index in [1.54, 1.807) is 0 Å². The monoisotopic (exact) mass is 363 g/mol. The number of nitrogens with one attached hydrogen (secondary N) is 1. The van der Waals surface area contributed by atoms with Crippen molar-refractivity contribution in [1.29, 1.82) is 0 Å². The third kappa shape index (κ3) is 3.68. The van der Waals surface area contributed by atoms with Crippen molar-refractivity contribution in [3.05, 3.63) is 78.0 Å². The number of nitrogens with zero attached hydrogens (tertiary/aromatic N) is 2. The van der Waals surface area contributed by atoms with Crippen molar-refractivity contribution in [2.75, 3.05) is 18.8 Å². The lowest BCUT2D eigenvalue weighted by Crippen LogP contribution is -2.33. The van der Waals surface area contributed by atoms with Gasteiger partial charge in [0.2, 0.25) is 0 Å². The molecule has 1 saturated heterocycles. The zero-order valence-electron chi connectivity index (χ0n) is 14.5. The average molecular weight is 363 g/mol. The highest BCUT2D eigenvalue weighted by Gasteiger charge is 2.24. The molecule has 3 aromatic rings. The van der Waals surface area contributed by atoms with Crippen molar-refractivity contribution in [1.82, 2.24) is 15.1 Å². The summed E-state index contributed by atoms with van der Waals surface area (Å²) in [4.78, 5) is 14.8. The van der Waals surface area contributed by atoms with Crippen LogP contribution in [0.25, 0.3) is 11.3 Å². The summed E-state index contributed by atoms with van der Waals surface area (Å²) in [5.41, 5.74) is 3.73. The SMILES string of the molecule is O=C(c1cc(-c2ccccc2)n[nH]1)N1CCS[C@H](c2ccccc2)CC1. The van der Waals surface area contributed by atoms with Gasteiger partial charge in [0.1, 0.15) is 5.69 Å². The molecule has 0 aliphatic carbocycles. The van der Waals surface area contributed by atoms with Crippen molar-refractivity contribution in [3.8, 4) is 11.3 Å². The first kappa shape index (κ1) is 16.9. The number of carbonyl (C=O) groups is 1. The van der Waals surface area contributed by atoms with Gasteiger partial charge < -0.3 is 4.90 Å². The Bertz CT molecular complexity index is 863. The summed E-state index contributed by atoms with van der Waals surface area (Å²) in [6.07, 6.45) is 0.972. The molecular formula is C21H21N3OS. The molecule has 1 aliphatic heterocycles. The van der Waals surface area contributed by atoms with E-state index in [-0.39, 0.29) is 5.91 Å². The van der Waals surface area contributed by atoms with E-state index >= 15 is 0 Å². The van der Waals surface area contributed by atoms with Gasteiger partial charge in [0, 0.05) is 29.7 Å². The minimum Gasteiger partial charge on any atom is -0.336 e. The molecule has 26 heavy (non-hydrogen) atoms. The molecule has 5 heteroatoms. The van der Waals surface area contributed by atoms with Crippen LogP contribution < -0.4 is 0 Å². The summed E-state index contributed by atoms with van der Waals surface area (Å²) in [6.45, 7) is 1.54. The standard InChI is InChI=1S/C21H21N3OS/c25-21(19-15-18(22-23-19)16-7-3-1-4-8-16)24-12-11-20(26-14-13-24)17-9-5-2-6-10-17/h1-10,15,20H,11-14H2,(H,22,23)/t20-/m0/s1. The molecule has 4 rings (SSSR count). The van der Waals surface area contributed by atoms with Gasteiger partial charge in [-0.15, -0.1) is 0 Å². The molecule has 132 valence electrons. The number of carbonyl (C=O) groups excluding carboxylic acids is 1. The zero-order chi connectivity index (χ0) is 17.8. The Morgan fingerprint density at radius 3 is 2.54 bits per heavy atom. The molecule has 0 bridgehead atoms. The number of aromatic amines is 1. The highest BCUT2D eigenvalue weighted by Crippen LogP contribution is 2.34. The fourth-order valence-electron chi connectivity index (χ4n) is 3.27. The fourth-order valence-corrected chi connectivity index (χ4v) is 4.50. The van der Waals surface area contributed by atoms with Gasteiger partial charge in [0.25, 0.3) is 5.91 Å². The van der Waals surface area contributed by atoms with Crippen LogP contribution >= 0.6 is 11.8 Å². The van der Waals surface area contributed by atoms with Gasteiger partial charge in [-0.25, -0.2) is 0 Å². The van der Waals surface area contributed by atoms with Crippen molar-refractivity contribution in [3.63, 3.8) is 0 Å². The smallest absolute Gasteiger partial charge is 0.271 e. The van der Waals surface area contributed by atoms with Crippen LogP contribution in [0.1, 0.15) is 27.7 Å². The number of hydrogen-bond donors (Lipinski definition) is 1. The van der Waals surface area contributed by atoms with Crippen LogP contribution in [0.5, 0.6) is 0 Å². The predicted octanol–water partition coefficient (Wildman–Crippen LogP) is 4.40. The average Bonchev–Trinajstić information content (AvgIpc) is 3.07. The third-order valence-corrected chi connectivity index (χ3v) is 6.01. The van der Waals surface area contributed by atoms with Crippen molar-refractivity contribution < 1.29 is 4.79 Å². The highest BCUT2D eigenvalue weighted by atomic mass is 32.2. The summed E-state index contributed by atoms with van der Waals surface area (Å²) < 4.78 is 0. The van der Waals surface area contributed by atoms with Gasteiger partial charge in [-0.05, 0) is 18.1 Å². The van der Waals surface area contributed by atoms with Crippen molar-refractivity contribution >= 4 is 17.7 Å². The summed E-state index contributed by atoms with van der Waals surface area (Å²) in [5, 5.41) is 7.68. The van der Waals surface area contributed by atoms with Crippen LogP contribution in [0.15, 0.2) is 66.7 Å². The molecule has 2 heterocycles. The maximum Gasteiger partial charge on any atom is 0.271 e. The van der Waals surface area contributed by atoms with Crippen molar-refractivity contribution in [2.24, 2.45) is 0 Å². The predicted molar refractivity (Wildman–Crippen MR) is 106 cm³/mol. The Morgan fingerprint density at radius 2 is 1.77 bits per heavy atom. The van der Waals surface area contributed by atoms with E-state index in [1.807, 2.05) is 59.1 Å². The molecule has 2 aromatic carbocycles. The Morgan fingerprint density at radius 1 is 1.04 bits per heavy atom. The topological polar surface area (TPSA) is 49.0 Å². The summed E-state index contributed by atoms with van der Waals surface area (Å²) in [5.74, 6) is 0.985. The second kappa shape index (κ2) is 7.79. The van der Waals surface area contributed by atoms with Gasteiger partial charge in [0.05, 0.1) is 5.69 Å². The van der Waals surface area contributed by atoms with E-state index in [0.29, 0.717) is 10.9 Å². The zero-order valence-corrected chi connectivity index (χ0v) is 15.3. The first-order valence-electron chi connectivity index (χ1n) is 8.88. The number of amides is 1. The van der Waals surface area contributed by atoms with E-state index in [4.69, 9.17) is 0 Å². The number of hydrogen-bond acceptors (Lipinski definition) is 3. The van der Waals surface area contributed by atoms with E-state index in [1.165, 1.54) is 5.56 Å². The summed E-state index contributed by atoms with van der Waals surface area (Å²) >= 11 is 1.94. The summed E-state index contributed by atoms with van der Waals surface area (Å²) in [7, 11) is 0. The van der Waals surface area contributed by atoms with Crippen LogP contribution in [0, 0.1) is 0 Å². The van der Waals surface area contributed by atoms with E-state index < -0.39 is 0 Å². The Balaban J connectivity index is 1.45. The first-order valence-corrected chi connectivity index (χ1v) is 9.93. The van der Waals surface area contributed by atoms with Gasteiger partial charge in [-0.1, -0.05) is 60.7 Å². The minimum absolute atomic E-state index is 0.0361. The quantitative estimate of drug-likeness (QED) is 0.750.